The maximum atomic E-state index is 5.76. The molecule has 1 heterocycles. The van der Waals surface area contributed by atoms with Gasteiger partial charge in [0, 0.05) is 19.6 Å². The molecule has 15 heavy (non-hydrogen) atoms. The molecule has 0 unspecified atom stereocenters. The number of hydrogen-bond donors (Lipinski definition) is 1. The Morgan fingerprint density at radius 2 is 2.07 bits per heavy atom. The molecule has 0 aromatic heterocycles. The van der Waals surface area contributed by atoms with Crippen LogP contribution in [0.15, 0.2) is 18.2 Å². The molecule has 3 nitrogen and oxygen atoms in total. The third-order valence-corrected chi connectivity index (χ3v) is 2.94. The minimum absolute atomic E-state index is 0.572. The normalized spacial score (nSPS) is 15.7. The molecule has 0 amide bonds. The number of ether oxygens (including phenoxy) is 1. The van der Waals surface area contributed by atoms with E-state index in [1.54, 1.807) is 7.11 Å². The zero-order valence-electron chi connectivity index (χ0n) is 9.20. The van der Waals surface area contributed by atoms with Crippen molar-refractivity contribution < 1.29 is 4.74 Å². The first-order chi connectivity index (χ1) is 7.36. The van der Waals surface area contributed by atoms with Gasteiger partial charge in [0.15, 0.2) is 0 Å². The van der Waals surface area contributed by atoms with Gasteiger partial charge in [-0.15, -0.1) is 0 Å². The van der Waals surface area contributed by atoms with Gasteiger partial charge in [-0.05, 0) is 24.5 Å². The molecule has 0 spiro atoms. The fraction of sp³-hybridized carbons (Fsp3) is 0.500. The van der Waals surface area contributed by atoms with Crippen molar-refractivity contribution in [3.05, 3.63) is 23.8 Å². The summed E-state index contributed by atoms with van der Waals surface area (Å²) >= 11 is 0. The van der Waals surface area contributed by atoms with E-state index in [0.717, 1.165) is 18.8 Å². The van der Waals surface area contributed by atoms with Crippen LogP contribution in [0.1, 0.15) is 18.4 Å². The Balaban J connectivity index is 2.39. The lowest BCUT2D eigenvalue weighted by Gasteiger charge is -2.23. The van der Waals surface area contributed by atoms with Crippen LogP contribution >= 0.6 is 0 Å². The second-order valence-electron chi connectivity index (χ2n) is 3.87. The Morgan fingerprint density at radius 1 is 1.33 bits per heavy atom. The van der Waals surface area contributed by atoms with Gasteiger partial charge < -0.3 is 15.4 Å². The molecule has 3 heteroatoms. The fourth-order valence-corrected chi connectivity index (χ4v) is 2.20. The molecule has 1 aromatic rings. The van der Waals surface area contributed by atoms with E-state index in [1.807, 2.05) is 12.1 Å². The van der Waals surface area contributed by atoms with Gasteiger partial charge in [-0.2, -0.15) is 0 Å². The molecule has 2 rings (SSSR count). The molecule has 1 saturated heterocycles. The van der Waals surface area contributed by atoms with Gasteiger partial charge in [0.05, 0.1) is 12.8 Å². The lowest BCUT2D eigenvalue weighted by Crippen LogP contribution is -2.21. The zero-order chi connectivity index (χ0) is 10.7. The molecule has 1 aromatic carbocycles. The van der Waals surface area contributed by atoms with Crippen LogP contribution in [0.5, 0.6) is 5.75 Å². The van der Waals surface area contributed by atoms with Crippen LogP contribution in [0.3, 0.4) is 0 Å². The zero-order valence-corrected chi connectivity index (χ0v) is 9.20. The summed E-state index contributed by atoms with van der Waals surface area (Å²) in [6, 6.07) is 6.09. The topological polar surface area (TPSA) is 38.5 Å². The van der Waals surface area contributed by atoms with Crippen LogP contribution in [0.4, 0.5) is 5.69 Å². The highest BCUT2D eigenvalue weighted by Gasteiger charge is 2.18. The smallest absolute Gasteiger partial charge is 0.142 e. The number of rotatable bonds is 3. The van der Waals surface area contributed by atoms with E-state index in [-0.39, 0.29) is 0 Å². The third kappa shape index (κ3) is 1.92. The molecule has 2 N–H and O–H groups in total. The largest absolute Gasteiger partial charge is 0.495 e. The molecule has 0 radical (unpaired) electrons. The standard InChI is InChI=1S/C12H18N2O/c1-15-11-6-4-5-10(9-13)12(11)14-7-2-3-8-14/h4-6H,2-3,7-9,13H2,1H3. The summed E-state index contributed by atoms with van der Waals surface area (Å²) in [7, 11) is 1.72. The molecule has 0 atom stereocenters. The number of benzene rings is 1. The molecule has 82 valence electrons. The Labute approximate surface area is 90.8 Å². The Morgan fingerprint density at radius 3 is 2.67 bits per heavy atom. The Bertz CT molecular complexity index is 310. The Kier molecular flexibility index (Phi) is 3.11. The lowest BCUT2D eigenvalue weighted by molar-refractivity contribution is 0.414. The molecular weight excluding hydrogens is 188 g/mol. The average molecular weight is 206 g/mol. The highest BCUT2D eigenvalue weighted by molar-refractivity contribution is 5.64. The monoisotopic (exact) mass is 206 g/mol. The van der Waals surface area contributed by atoms with E-state index in [4.69, 9.17) is 10.5 Å². The van der Waals surface area contributed by atoms with Crippen molar-refractivity contribution in [3.8, 4) is 5.75 Å². The highest BCUT2D eigenvalue weighted by atomic mass is 16.5. The summed E-state index contributed by atoms with van der Waals surface area (Å²) < 4.78 is 5.40. The maximum absolute atomic E-state index is 5.76. The summed E-state index contributed by atoms with van der Waals surface area (Å²) in [5.74, 6) is 0.944. The van der Waals surface area contributed by atoms with Crippen molar-refractivity contribution in [2.75, 3.05) is 25.1 Å². The highest BCUT2D eigenvalue weighted by Crippen LogP contribution is 2.34. The minimum atomic E-state index is 0.572. The van der Waals surface area contributed by atoms with Crippen LogP contribution in [-0.2, 0) is 6.54 Å². The van der Waals surface area contributed by atoms with E-state index < -0.39 is 0 Å². The molecular formula is C12H18N2O. The van der Waals surface area contributed by atoms with E-state index in [1.165, 1.54) is 24.1 Å². The number of nitrogens with two attached hydrogens (primary N) is 1. The first kappa shape index (κ1) is 10.3. The number of anilines is 1. The first-order valence-electron chi connectivity index (χ1n) is 5.47. The summed E-state index contributed by atoms with van der Waals surface area (Å²) in [5.41, 5.74) is 8.13. The number of hydrogen-bond acceptors (Lipinski definition) is 3. The summed E-state index contributed by atoms with van der Waals surface area (Å²) in [5, 5.41) is 0. The van der Waals surface area contributed by atoms with Crippen molar-refractivity contribution in [2.24, 2.45) is 5.73 Å². The van der Waals surface area contributed by atoms with Crippen LogP contribution in [0, 0.1) is 0 Å². The summed E-state index contributed by atoms with van der Waals surface area (Å²) in [6.07, 6.45) is 2.53. The average Bonchev–Trinajstić information content (AvgIpc) is 2.81. The van der Waals surface area contributed by atoms with Gasteiger partial charge in [0.2, 0.25) is 0 Å². The molecule has 0 aliphatic carbocycles. The molecule has 1 aliphatic heterocycles. The molecule has 0 saturated carbocycles. The van der Waals surface area contributed by atoms with E-state index >= 15 is 0 Å². The maximum Gasteiger partial charge on any atom is 0.142 e. The van der Waals surface area contributed by atoms with Crippen molar-refractivity contribution in [3.63, 3.8) is 0 Å². The van der Waals surface area contributed by atoms with Crippen LogP contribution in [0.2, 0.25) is 0 Å². The second kappa shape index (κ2) is 4.53. The van der Waals surface area contributed by atoms with Gasteiger partial charge >= 0.3 is 0 Å². The first-order valence-corrected chi connectivity index (χ1v) is 5.47. The predicted molar refractivity (Wildman–Crippen MR) is 62.3 cm³/mol. The fourth-order valence-electron chi connectivity index (χ4n) is 2.20. The van der Waals surface area contributed by atoms with Gasteiger partial charge in [0.1, 0.15) is 5.75 Å². The van der Waals surface area contributed by atoms with Crippen molar-refractivity contribution in [1.82, 2.24) is 0 Å². The van der Waals surface area contributed by atoms with Gasteiger partial charge in [0.25, 0.3) is 0 Å². The van der Waals surface area contributed by atoms with Gasteiger partial charge in [-0.1, -0.05) is 12.1 Å². The molecule has 1 fully saturated rings. The van der Waals surface area contributed by atoms with Crippen LogP contribution in [-0.4, -0.2) is 20.2 Å². The SMILES string of the molecule is COc1cccc(CN)c1N1CCCC1. The number of methoxy groups -OCH3 is 1. The van der Waals surface area contributed by atoms with Gasteiger partial charge in [-0.3, -0.25) is 0 Å². The minimum Gasteiger partial charge on any atom is -0.495 e. The lowest BCUT2D eigenvalue weighted by atomic mass is 10.1. The van der Waals surface area contributed by atoms with E-state index in [0.29, 0.717) is 6.54 Å². The van der Waals surface area contributed by atoms with Gasteiger partial charge in [-0.25, -0.2) is 0 Å². The van der Waals surface area contributed by atoms with Crippen molar-refractivity contribution in [2.45, 2.75) is 19.4 Å². The number of para-hydroxylation sites is 1. The Hall–Kier alpha value is -1.22. The quantitative estimate of drug-likeness (QED) is 0.819. The van der Waals surface area contributed by atoms with Crippen molar-refractivity contribution in [1.29, 1.82) is 0 Å². The molecule has 0 bridgehead atoms. The molecule has 1 aliphatic rings. The summed E-state index contributed by atoms with van der Waals surface area (Å²) in [4.78, 5) is 2.38. The third-order valence-electron chi connectivity index (χ3n) is 2.94. The number of nitrogens with zero attached hydrogens (tertiary/aromatic N) is 1. The second-order valence-corrected chi connectivity index (χ2v) is 3.87. The van der Waals surface area contributed by atoms with Crippen molar-refractivity contribution >= 4 is 5.69 Å². The summed E-state index contributed by atoms with van der Waals surface area (Å²) in [6.45, 7) is 2.81. The van der Waals surface area contributed by atoms with Crippen LogP contribution in [0.25, 0.3) is 0 Å². The predicted octanol–water partition coefficient (Wildman–Crippen LogP) is 1.75. The van der Waals surface area contributed by atoms with E-state index in [2.05, 4.69) is 11.0 Å². The van der Waals surface area contributed by atoms with E-state index in [9.17, 15) is 0 Å². The van der Waals surface area contributed by atoms with Crippen LogP contribution < -0.4 is 15.4 Å².